The molecule has 1 atom stereocenters. The standard InChI is InChI=1S/C14H18N2S/c1-16(2)13(14(10-15)8-9-14)11-4-6-12(17-3)7-5-11/h4-7,13H,8-9H2,1-3H3. The van der Waals surface area contributed by atoms with Crippen molar-refractivity contribution in [1.82, 2.24) is 4.90 Å². The molecule has 3 heteroatoms. The highest BCUT2D eigenvalue weighted by Crippen LogP contribution is 2.56. The molecule has 0 radical (unpaired) electrons. The van der Waals surface area contributed by atoms with Crippen LogP contribution in [0.3, 0.4) is 0 Å². The van der Waals surface area contributed by atoms with Gasteiger partial charge < -0.3 is 4.90 Å². The number of thioether (sulfide) groups is 1. The van der Waals surface area contributed by atoms with Crippen LogP contribution < -0.4 is 0 Å². The summed E-state index contributed by atoms with van der Waals surface area (Å²) in [6, 6.07) is 11.3. The first kappa shape index (κ1) is 12.5. The number of nitriles is 1. The second-order valence-electron chi connectivity index (χ2n) is 4.91. The van der Waals surface area contributed by atoms with E-state index in [1.807, 2.05) is 0 Å². The summed E-state index contributed by atoms with van der Waals surface area (Å²) >= 11 is 1.75. The van der Waals surface area contributed by atoms with Crippen LogP contribution >= 0.6 is 11.8 Å². The molecule has 0 heterocycles. The van der Waals surface area contributed by atoms with E-state index in [1.54, 1.807) is 11.8 Å². The van der Waals surface area contributed by atoms with Crippen LogP contribution in [-0.4, -0.2) is 25.3 Å². The van der Waals surface area contributed by atoms with Crippen molar-refractivity contribution in [2.45, 2.75) is 23.8 Å². The molecule has 1 saturated carbocycles. The SMILES string of the molecule is CSc1ccc(C(N(C)C)C2(C#N)CC2)cc1. The molecule has 0 N–H and O–H groups in total. The maximum atomic E-state index is 9.36. The molecule has 1 aliphatic rings. The lowest BCUT2D eigenvalue weighted by molar-refractivity contribution is 0.232. The third kappa shape index (κ3) is 2.34. The van der Waals surface area contributed by atoms with Crippen molar-refractivity contribution in [3.63, 3.8) is 0 Å². The summed E-state index contributed by atoms with van der Waals surface area (Å²) in [5.74, 6) is 0. The molecule has 0 spiro atoms. The van der Waals surface area contributed by atoms with E-state index >= 15 is 0 Å². The van der Waals surface area contributed by atoms with Gasteiger partial charge >= 0.3 is 0 Å². The Morgan fingerprint density at radius 1 is 1.29 bits per heavy atom. The Labute approximate surface area is 108 Å². The van der Waals surface area contributed by atoms with Crippen molar-refractivity contribution in [3.05, 3.63) is 29.8 Å². The van der Waals surface area contributed by atoms with E-state index in [4.69, 9.17) is 0 Å². The van der Waals surface area contributed by atoms with Crippen LogP contribution in [0.25, 0.3) is 0 Å². The normalized spacial score (nSPS) is 18.8. The number of hydrogen-bond donors (Lipinski definition) is 0. The van der Waals surface area contributed by atoms with Crippen LogP contribution in [-0.2, 0) is 0 Å². The molecule has 0 saturated heterocycles. The van der Waals surface area contributed by atoms with E-state index in [0.717, 1.165) is 12.8 Å². The van der Waals surface area contributed by atoms with Gasteiger partial charge in [-0.05, 0) is 50.9 Å². The van der Waals surface area contributed by atoms with Crippen molar-refractivity contribution >= 4 is 11.8 Å². The molecule has 1 aromatic rings. The van der Waals surface area contributed by atoms with E-state index < -0.39 is 0 Å². The molecule has 1 fully saturated rings. The van der Waals surface area contributed by atoms with Gasteiger partial charge in [-0.15, -0.1) is 11.8 Å². The molecular weight excluding hydrogens is 228 g/mol. The molecule has 0 bridgehead atoms. The molecule has 90 valence electrons. The number of rotatable bonds is 4. The molecular formula is C14H18N2S. The highest BCUT2D eigenvalue weighted by Gasteiger charge is 2.51. The van der Waals surface area contributed by atoms with Gasteiger partial charge in [-0.25, -0.2) is 0 Å². The van der Waals surface area contributed by atoms with Gasteiger partial charge in [0.25, 0.3) is 0 Å². The lowest BCUT2D eigenvalue weighted by Crippen LogP contribution is -2.27. The molecule has 0 amide bonds. The summed E-state index contributed by atoms with van der Waals surface area (Å²) in [5, 5.41) is 9.36. The largest absolute Gasteiger partial charge is 0.301 e. The summed E-state index contributed by atoms with van der Waals surface area (Å²) in [6.07, 6.45) is 4.13. The average Bonchev–Trinajstić information content (AvgIpc) is 3.11. The highest BCUT2D eigenvalue weighted by atomic mass is 32.2. The lowest BCUT2D eigenvalue weighted by Gasteiger charge is -2.29. The highest BCUT2D eigenvalue weighted by molar-refractivity contribution is 7.98. The van der Waals surface area contributed by atoms with E-state index in [0.29, 0.717) is 0 Å². The second kappa shape index (κ2) is 4.72. The quantitative estimate of drug-likeness (QED) is 0.763. The Morgan fingerprint density at radius 3 is 2.24 bits per heavy atom. The fourth-order valence-corrected chi connectivity index (χ4v) is 2.89. The minimum absolute atomic E-state index is 0.148. The van der Waals surface area contributed by atoms with Gasteiger partial charge in [-0.1, -0.05) is 12.1 Å². The number of nitrogens with zero attached hydrogens (tertiary/aromatic N) is 2. The van der Waals surface area contributed by atoms with Gasteiger partial charge in [0.2, 0.25) is 0 Å². The fourth-order valence-electron chi connectivity index (χ4n) is 2.48. The second-order valence-corrected chi connectivity index (χ2v) is 5.79. The van der Waals surface area contributed by atoms with E-state index in [1.165, 1.54) is 10.5 Å². The maximum Gasteiger partial charge on any atom is 0.0771 e. The first-order valence-electron chi connectivity index (χ1n) is 5.84. The van der Waals surface area contributed by atoms with Crippen LogP contribution in [0, 0.1) is 16.7 Å². The Hall–Kier alpha value is -0.980. The summed E-state index contributed by atoms with van der Waals surface area (Å²) < 4.78 is 0. The molecule has 2 rings (SSSR count). The molecule has 0 aliphatic heterocycles. The smallest absolute Gasteiger partial charge is 0.0771 e. The molecule has 2 nitrogen and oxygen atoms in total. The van der Waals surface area contributed by atoms with E-state index in [9.17, 15) is 5.26 Å². The number of hydrogen-bond acceptors (Lipinski definition) is 3. The van der Waals surface area contributed by atoms with Crippen molar-refractivity contribution in [3.8, 4) is 6.07 Å². The predicted molar refractivity (Wildman–Crippen MR) is 71.9 cm³/mol. The molecule has 1 unspecified atom stereocenters. The van der Waals surface area contributed by atoms with Gasteiger partial charge in [0.15, 0.2) is 0 Å². The predicted octanol–water partition coefficient (Wildman–Crippen LogP) is 3.31. The zero-order chi connectivity index (χ0) is 12.5. The monoisotopic (exact) mass is 246 g/mol. The topological polar surface area (TPSA) is 27.0 Å². The van der Waals surface area contributed by atoms with Crippen LogP contribution in [0.15, 0.2) is 29.2 Å². The summed E-state index contributed by atoms with van der Waals surface area (Å²) in [5.41, 5.74) is 1.11. The first-order chi connectivity index (χ1) is 8.13. The van der Waals surface area contributed by atoms with Gasteiger partial charge in [-0.3, -0.25) is 0 Å². The van der Waals surface area contributed by atoms with Crippen molar-refractivity contribution in [2.24, 2.45) is 5.41 Å². The summed E-state index contributed by atoms with van der Waals surface area (Å²) in [6.45, 7) is 0. The molecule has 1 aliphatic carbocycles. The van der Waals surface area contributed by atoms with Crippen LogP contribution in [0.5, 0.6) is 0 Å². The van der Waals surface area contributed by atoms with Crippen LogP contribution in [0.2, 0.25) is 0 Å². The Morgan fingerprint density at radius 2 is 1.88 bits per heavy atom. The van der Waals surface area contributed by atoms with Gasteiger partial charge in [0.1, 0.15) is 0 Å². The zero-order valence-corrected chi connectivity index (χ0v) is 11.4. The van der Waals surface area contributed by atoms with Gasteiger partial charge in [0.05, 0.1) is 17.5 Å². The third-order valence-electron chi connectivity index (χ3n) is 3.48. The Balaban J connectivity index is 2.31. The van der Waals surface area contributed by atoms with Crippen LogP contribution in [0.1, 0.15) is 24.4 Å². The van der Waals surface area contributed by atoms with Crippen molar-refractivity contribution in [2.75, 3.05) is 20.4 Å². The number of benzene rings is 1. The molecule has 17 heavy (non-hydrogen) atoms. The van der Waals surface area contributed by atoms with Crippen molar-refractivity contribution < 1.29 is 0 Å². The van der Waals surface area contributed by atoms with Crippen molar-refractivity contribution in [1.29, 1.82) is 5.26 Å². The Bertz CT molecular complexity index is 427. The van der Waals surface area contributed by atoms with Gasteiger partial charge in [-0.2, -0.15) is 5.26 Å². The maximum absolute atomic E-state index is 9.36. The van der Waals surface area contributed by atoms with Crippen LogP contribution in [0.4, 0.5) is 0 Å². The third-order valence-corrected chi connectivity index (χ3v) is 4.23. The minimum atomic E-state index is -0.148. The summed E-state index contributed by atoms with van der Waals surface area (Å²) in [7, 11) is 4.12. The van der Waals surface area contributed by atoms with E-state index in [2.05, 4.69) is 55.6 Å². The Kier molecular flexibility index (Phi) is 3.46. The summed E-state index contributed by atoms with van der Waals surface area (Å²) in [4.78, 5) is 3.44. The minimum Gasteiger partial charge on any atom is -0.301 e. The molecule has 0 aromatic heterocycles. The van der Waals surface area contributed by atoms with E-state index in [-0.39, 0.29) is 11.5 Å². The zero-order valence-electron chi connectivity index (χ0n) is 10.6. The first-order valence-corrected chi connectivity index (χ1v) is 7.07. The average molecular weight is 246 g/mol. The van der Waals surface area contributed by atoms with Gasteiger partial charge in [0, 0.05) is 4.90 Å². The fraction of sp³-hybridized carbons (Fsp3) is 0.500. The molecule has 1 aromatic carbocycles. The lowest BCUT2D eigenvalue weighted by atomic mass is 9.90.